The van der Waals surface area contributed by atoms with Gasteiger partial charge in [0.15, 0.2) is 5.82 Å². The van der Waals surface area contributed by atoms with Crippen LogP contribution in [-0.2, 0) is 0 Å². The first-order valence-electron chi connectivity index (χ1n) is 6.70. The SMILES string of the molecule is CC(Nc1ccc(-n2cccn2)nc1)c1ccc(F)cc1. The van der Waals surface area contributed by atoms with Crippen molar-refractivity contribution in [3.8, 4) is 5.82 Å². The van der Waals surface area contributed by atoms with Gasteiger partial charge in [-0.2, -0.15) is 5.10 Å². The maximum atomic E-state index is 12.9. The fourth-order valence-corrected chi connectivity index (χ4v) is 2.10. The number of benzene rings is 1. The number of halogens is 1. The second kappa shape index (κ2) is 5.75. The molecule has 0 amide bonds. The van der Waals surface area contributed by atoms with Crippen molar-refractivity contribution in [1.29, 1.82) is 0 Å². The molecule has 1 aromatic carbocycles. The van der Waals surface area contributed by atoms with E-state index in [4.69, 9.17) is 0 Å². The van der Waals surface area contributed by atoms with E-state index in [1.54, 1.807) is 29.2 Å². The van der Waals surface area contributed by atoms with Crippen molar-refractivity contribution in [3.05, 3.63) is 72.4 Å². The number of nitrogens with one attached hydrogen (secondary N) is 1. The lowest BCUT2D eigenvalue weighted by Gasteiger charge is -2.15. The Kier molecular flexibility index (Phi) is 3.64. The van der Waals surface area contributed by atoms with Gasteiger partial charge >= 0.3 is 0 Å². The van der Waals surface area contributed by atoms with E-state index in [1.807, 2.05) is 31.3 Å². The summed E-state index contributed by atoms with van der Waals surface area (Å²) in [4.78, 5) is 4.36. The molecule has 0 bridgehead atoms. The topological polar surface area (TPSA) is 42.7 Å². The molecule has 3 rings (SSSR count). The molecule has 0 fully saturated rings. The Bertz CT molecular complexity index is 690. The molecule has 0 spiro atoms. The summed E-state index contributed by atoms with van der Waals surface area (Å²) in [6.45, 7) is 2.02. The molecule has 1 unspecified atom stereocenters. The molecule has 1 N–H and O–H groups in total. The highest BCUT2D eigenvalue weighted by atomic mass is 19.1. The van der Waals surface area contributed by atoms with E-state index < -0.39 is 0 Å². The van der Waals surface area contributed by atoms with E-state index in [1.165, 1.54) is 12.1 Å². The average Bonchev–Trinajstić information content (AvgIpc) is 3.03. The van der Waals surface area contributed by atoms with E-state index >= 15 is 0 Å². The van der Waals surface area contributed by atoms with Crippen LogP contribution >= 0.6 is 0 Å². The van der Waals surface area contributed by atoms with Gasteiger partial charge in [-0.3, -0.25) is 0 Å². The van der Waals surface area contributed by atoms with Crippen LogP contribution in [-0.4, -0.2) is 14.8 Å². The van der Waals surface area contributed by atoms with Gasteiger partial charge in [-0.25, -0.2) is 14.1 Å². The molecule has 0 aliphatic heterocycles. The Hall–Kier alpha value is -2.69. The van der Waals surface area contributed by atoms with Crippen molar-refractivity contribution in [2.24, 2.45) is 0 Å². The van der Waals surface area contributed by atoms with Crippen LogP contribution in [0.1, 0.15) is 18.5 Å². The molecule has 0 radical (unpaired) electrons. The molecular formula is C16H15FN4. The largest absolute Gasteiger partial charge is 0.377 e. The molecule has 0 saturated carbocycles. The lowest BCUT2D eigenvalue weighted by atomic mass is 10.1. The van der Waals surface area contributed by atoms with E-state index in [9.17, 15) is 4.39 Å². The summed E-state index contributed by atoms with van der Waals surface area (Å²) in [5.74, 6) is 0.538. The summed E-state index contributed by atoms with van der Waals surface area (Å²) < 4.78 is 14.6. The minimum atomic E-state index is -0.226. The lowest BCUT2D eigenvalue weighted by Crippen LogP contribution is -2.07. The van der Waals surface area contributed by atoms with Crippen molar-refractivity contribution in [3.63, 3.8) is 0 Å². The van der Waals surface area contributed by atoms with Crippen LogP contribution in [0.4, 0.5) is 10.1 Å². The first kappa shape index (κ1) is 13.3. The van der Waals surface area contributed by atoms with Gasteiger partial charge in [0.25, 0.3) is 0 Å². The minimum Gasteiger partial charge on any atom is -0.377 e. The van der Waals surface area contributed by atoms with Crippen LogP contribution in [0, 0.1) is 5.82 Å². The zero-order valence-corrected chi connectivity index (χ0v) is 11.6. The van der Waals surface area contributed by atoms with Crippen molar-refractivity contribution in [1.82, 2.24) is 14.8 Å². The van der Waals surface area contributed by atoms with Gasteiger partial charge in [-0.05, 0) is 42.8 Å². The summed E-state index contributed by atoms with van der Waals surface area (Å²) in [6.07, 6.45) is 5.32. The van der Waals surface area contributed by atoms with E-state index in [2.05, 4.69) is 15.4 Å². The molecule has 4 nitrogen and oxygen atoms in total. The summed E-state index contributed by atoms with van der Waals surface area (Å²) in [7, 11) is 0. The van der Waals surface area contributed by atoms with E-state index in [-0.39, 0.29) is 11.9 Å². The van der Waals surface area contributed by atoms with Gasteiger partial charge in [0, 0.05) is 18.4 Å². The van der Waals surface area contributed by atoms with Gasteiger partial charge < -0.3 is 5.32 Å². The molecule has 1 atom stereocenters. The number of anilines is 1. The number of hydrogen-bond donors (Lipinski definition) is 1. The number of rotatable bonds is 4. The maximum absolute atomic E-state index is 12.9. The van der Waals surface area contributed by atoms with Crippen LogP contribution in [0.25, 0.3) is 5.82 Å². The second-order valence-electron chi connectivity index (χ2n) is 4.77. The monoisotopic (exact) mass is 282 g/mol. The molecule has 3 aromatic rings. The number of hydrogen-bond acceptors (Lipinski definition) is 3. The van der Waals surface area contributed by atoms with Gasteiger partial charge in [-0.1, -0.05) is 12.1 Å². The predicted octanol–water partition coefficient (Wildman–Crippen LogP) is 3.58. The van der Waals surface area contributed by atoms with Crippen molar-refractivity contribution >= 4 is 5.69 Å². The van der Waals surface area contributed by atoms with Crippen molar-refractivity contribution in [2.75, 3.05) is 5.32 Å². The molecule has 0 aliphatic carbocycles. The van der Waals surface area contributed by atoms with Crippen molar-refractivity contribution < 1.29 is 4.39 Å². The highest BCUT2D eigenvalue weighted by Crippen LogP contribution is 2.19. The fourth-order valence-electron chi connectivity index (χ4n) is 2.10. The van der Waals surface area contributed by atoms with Crippen LogP contribution in [0.15, 0.2) is 61.1 Å². The highest BCUT2D eigenvalue weighted by Gasteiger charge is 2.06. The van der Waals surface area contributed by atoms with E-state index in [0.717, 1.165) is 17.1 Å². The van der Waals surface area contributed by atoms with Crippen molar-refractivity contribution in [2.45, 2.75) is 13.0 Å². The number of nitrogens with zero attached hydrogens (tertiary/aromatic N) is 3. The third-order valence-corrected chi connectivity index (χ3v) is 3.24. The summed E-state index contributed by atoms with van der Waals surface area (Å²) in [5.41, 5.74) is 1.93. The predicted molar refractivity (Wildman–Crippen MR) is 79.8 cm³/mol. The third-order valence-electron chi connectivity index (χ3n) is 3.24. The standard InChI is InChI=1S/C16H15FN4/c1-12(13-3-5-14(17)6-4-13)20-15-7-8-16(18-11-15)21-10-2-9-19-21/h2-12,20H,1H3. The smallest absolute Gasteiger partial charge is 0.153 e. The second-order valence-corrected chi connectivity index (χ2v) is 4.77. The van der Waals surface area contributed by atoms with Crippen LogP contribution in [0.3, 0.4) is 0 Å². The summed E-state index contributed by atoms with van der Waals surface area (Å²) in [5, 5.41) is 7.47. The first-order valence-corrected chi connectivity index (χ1v) is 6.70. The maximum Gasteiger partial charge on any atom is 0.153 e. The first-order chi connectivity index (χ1) is 10.2. The molecule has 0 aliphatic rings. The molecule has 5 heteroatoms. The lowest BCUT2D eigenvalue weighted by molar-refractivity contribution is 0.626. The summed E-state index contributed by atoms with van der Waals surface area (Å²) >= 11 is 0. The fraction of sp³-hybridized carbons (Fsp3) is 0.125. The molecular weight excluding hydrogens is 267 g/mol. The number of pyridine rings is 1. The Balaban J connectivity index is 1.71. The molecule has 2 aromatic heterocycles. The summed E-state index contributed by atoms with van der Waals surface area (Å²) in [6, 6.07) is 12.3. The Labute approximate surface area is 122 Å². The zero-order valence-electron chi connectivity index (χ0n) is 11.6. The van der Waals surface area contributed by atoms with Crippen LogP contribution < -0.4 is 5.32 Å². The van der Waals surface area contributed by atoms with Crippen LogP contribution in [0.2, 0.25) is 0 Å². The highest BCUT2D eigenvalue weighted by molar-refractivity contribution is 5.45. The van der Waals surface area contributed by atoms with E-state index in [0.29, 0.717) is 0 Å². The third kappa shape index (κ3) is 3.08. The number of aromatic nitrogens is 3. The molecule has 0 saturated heterocycles. The van der Waals surface area contributed by atoms with Gasteiger partial charge in [0.05, 0.1) is 11.9 Å². The van der Waals surface area contributed by atoms with Gasteiger partial charge in [0.1, 0.15) is 5.82 Å². The zero-order chi connectivity index (χ0) is 14.7. The van der Waals surface area contributed by atoms with Crippen LogP contribution in [0.5, 0.6) is 0 Å². The Morgan fingerprint density at radius 2 is 1.95 bits per heavy atom. The average molecular weight is 282 g/mol. The quantitative estimate of drug-likeness (QED) is 0.795. The molecule has 21 heavy (non-hydrogen) atoms. The Morgan fingerprint density at radius 1 is 1.14 bits per heavy atom. The minimum absolute atomic E-state index is 0.0722. The van der Waals surface area contributed by atoms with Gasteiger partial charge in [0.2, 0.25) is 0 Å². The molecule has 2 heterocycles. The Morgan fingerprint density at radius 3 is 2.57 bits per heavy atom. The van der Waals surface area contributed by atoms with Gasteiger partial charge in [-0.15, -0.1) is 0 Å². The molecule has 106 valence electrons. The normalized spacial score (nSPS) is 12.1.